The summed E-state index contributed by atoms with van der Waals surface area (Å²) < 4.78 is 6.19. The number of aliphatic hydroxyl groups excluding tert-OH is 1. The number of piperidine rings is 1. The lowest BCUT2D eigenvalue weighted by Gasteiger charge is -2.31. The summed E-state index contributed by atoms with van der Waals surface area (Å²) in [5.74, 6) is 0.0233. The molecule has 20 heavy (non-hydrogen) atoms. The van der Waals surface area contributed by atoms with Gasteiger partial charge in [0.1, 0.15) is 0 Å². The Morgan fingerprint density at radius 1 is 1.50 bits per heavy atom. The predicted octanol–water partition coefficient (Wildman–Crippen LogP) is 2.41. The Kier molecular flexibility index (Phi) is 6.04. The summed E-state index contributed by atoms with van der Waals surface area (Å²) >= 11 is 7.29. The number of carbonyl (C=O) groups is 1. The van der Waals surface area contributed by atoms with Crippen LogP contribution in [0.15, 0.2) is 18.2 Å². The molecule has 2 rings (SSSR count). The molecule has 1 aromatic rings. The topological polar surface area (TPSA) is 49.8 Å². The van der Waals surface area contributed by atoms with Gasteiger partial charge in [0, 0.05) is 24.0 Å². The number of aliphatic hydroxyl groups is 1. The molecule has 1 aliphatic rings. The third kappa shape index (κ3) is 4.59. The molecule has 110 valence electrons. The molecule has 6 heteroatoms. The number of likely N-dealkylation sites (tertiary alicyclic amines) is 1. The molecule has 1 saturated heterocycles. The van der Waals surface area contributed by atoms with Crippen LogP contribution in [0, 0.1) is 0 Å². The molecule has 0 atom stereocenters. The summed E-state index contributed by atoms with van der Waals surface area (Å²) in [4.78, 5) is 14.8. The number of carbonyl (C=O) groups excluding carboxylic acids is 1. The van der Waals surface area contributed by atoms with Crippen LogP contribution >= 0.6 is 22.9 Å². The molecule has 0 aromatic carbocycles. The van der Waals surface area contributed by atoms with Gasteiger partial charge in [-0.2, -0.15) is 0 Å². The number of amides is 1. The number of rotatable bonds is 5. The molecule has 0 bridgehead atoms. The Balaban J connectivity index is 1.78. The third-order valence-corrected chi connectivity index (χ3v) is 4.38. The van der Waals surface area contributed by atoms with Crippen molar-refractivity contribution in [3.05, 3.63) is 27.4 Å². The van der Waals surface area contributed by atoms with E-state index in [-0.39, 0.29) is 18.6 Å². The van der Waals surface area contributed by atoms with Gasteiger partial charge in [0.2, 0.25) is 5.91 Å². The predicted molar refractivity (Wildman–Crippen MR) is 81.0 cm³/mol. The van der Waals surface area contributed by atoms with Crippen molar-refractivity contribution in [1.29, 1.82) is 0 Å². The van der Waals surface area contributed by atoms with E-state index in [1.54, 1.807) is 12.2 Å². The molecular weight excluding hydrogens is 298 g/mol. The highest BCUT2D eigenvalue weighted by Crippen LogP contribution is 2.22. The maximum absolute atomic E-state index is 12.0. The van der Waals surface area contributed by atoms with Crippen LogP contribution in [0.2, 0.25) is 4.34 Å². The molecule has 0 saturated carbocycles. The van der Waals surface area contributed by atoms with E-state index in [9.17, 15) is 4.79 Å². The molecule has 1 N–H and O–H groups in total. The highest BCUT2D eigenvalue weighted by Gasteiger charge is 2.21. The summed E-state index contributed by atoms with van der Waals surface area (Å²) in [5, 5.41) is 8.71. The zero-order chi connectivity index (χ0) is 14.4. The minimum Gasteiger partial charge on any atom is -0.394 e. The van der Waals surface area contributed by atoms with E-state index in [1.165, 1.54) is 11.3 Å². The van der Waals surface area contributed by atoms with Gasteiger partial charge < -0.3 is 14.7 Å². The van der Waals surface area contributed by atoms with E-state index in [0.29, 0.717) is 19.7 Å². The maximum Gasteiger partial charge on any atom is 0.246 e. The van der Waals surface area contributed by atoms with E-state index >= 15 is 0 Å². The van der Waals surface area contributed by atoms with Crippen molar-refractivity contribution in [2.75, 3.05) is 26.3 Å². The van der Waals surface area contributed by atoms with Crippen molar-refractivity contribution in [2.24, 2.45) is 0 Å². The van der Waals surface area contributed by atoms with Gasteiger partial charge in [-0.15, -0.1) is 11.3 Å². The summed E-state index contributed by atoms with van der Waals surface area (Å²) in [5.41, 5.74) is 0. The lowest BCUT2D eigenvalue weighted by atomic mass is 10.1. The normalized spacial score (nSPS) is 17.0. The highest BCUT2D eigenvalue weighted by molar-refractivity contribution is 7.17. The molecular formula is C14H18ClNO3S. The van der Waals surface area contributed by atoms with Crippen molar-refractivity contribution in [2.45, 2.75) is 18.9 Å². The first-order chi connectivity index (χ1) is 9.69. The van der Waals surface area contributed by atoms with Crippen LogP contribution in [0.1, 0.15) is 17.7 Å². The average Bonchev–Trinajstić information content (AvgIpc) is 2.89. The van der Waals surface area contributed by atoms with Crippen molar-refractivity contribution in [3.63, 3.8) is 0 Å². The Labute approximate surface area is 127 Å². The number of nitrogens with zero attached hydrogens (tertiary/aromatic N) is 1. The summed E-state index contributed by atoms with van der Waals surface area (Å²) in [7, 11) is 0. The molecule has 0 spiro atoms. The molecule has 2 heterocycles. The first-order valence-electron chi connectivity index (χ1n) is 6.64. The zero-order valence-corrected chi connectivity index (χ0v) is 12.7. The summed E-state index contributed by atoms with van der Waals surface area (Å²) in [6, 6.07) is 3.71. The number of halogens is 1. The van der Waals surface area contributed by atoms with Crippen molar-refractivity contribution < 1.29 is 14.6 Å². The summed E-state index contributed by atoms with van der Waals surface area (Å²) in [6.07, 6.45) is 5.20. The molecule has 0 radical (unpaired) electrons. The standard InChI is InChI=1S/C14H18ClNO3S/c15-13-3-1-12(20-13)2-4-14(18)16-7-5-11(6-8-16)19-10-9-17/h1-4,11,17H,5-10H2/b4-2+. The largest absolute Gasteiger partial charge is 0.394 e. The molecule has 1 fully saturated rings. The Bertz CT molecular complexity index is 467. The third-order valence-electron chi connectivity index (χ3n) is 3.18. The minimum absolute atomic E-state index is 0.0233. The van der Waals surface area contributed by atoms with Crippen LogP contribution in [0.4, 0.5) is 0 Å². The number of ether oxygens (including phenoxy) is 1. The second-order valence-electron chi connectivity index (χ2n) is 4.59. The SMILES string of the molecule is O=C(/C=C/c1ccc(Cl)s1)N1CCC(OCCO)CC1. The van der Waals surface area contributed by atoms with Gasteiger partial charge in [-0.1, -0.05) is 11.6 Å². The zero-order valence-electron chi connectivity index (χ0n) is 11.1. The number of thiophene rings is 1. The van der Waals surface area contributed by atoms with Crippen LogP contribution in [0.5, 0.6) is 0 Å². The van der Waals surface area contributed by atoms with Crippen LogP contribution in [-0.4, -0.2) is 48.3 Å². The minimum atomic E-state index is 0.0233. The average molecular weight is 316 g/mol. The Hall–Kier alpha value is -0.880. The second-order valence-corrected chi connectivity index (χ2v) is 6.34. The van der Waals surface area contributed by atoms with Gasteiger partial charge in [0.15, 0.2) is 0 Å². The molecule has 1 aliphatic heterocycles. The van der Waals surface area contributed by atoms with Gasteiger partial charge >= 0.3 is 0 Å². The van der Waals surface area contributed by atoms with E-state index in [4.69, 9.17) is 21.4 Å². The highest BCUT2D eigenvalue weighted by atomic mass is 35.5. The van der Waals surface area contributed by atoms with Crippen LogP contribution in [0.3, 0.4) is 0 Å². The lowest BCUT2D eigenvalue weighted by molar-refractivity contribution is -0.128. The van der Waals surface area contributed by atoms with Crippen LogP contribution in [0.25, 0.3) is 6.08 Å². The van der Waals surface area contributed by atoms with Crippen LogP contribution < -0.4 is 0 Å². The van der Waals surface area contributed by atoms with Crippen LogP contribution in [-0.2, 0) is 9.53 Å². The smallest absolute Gasteiger partial charge is 0.246 e. The molecule has 0 aliphatic carbocycles. The molecule has 1 aromatic heterocycles. The lowest BCUT2D eigenvalue weighted by Crippen LogP contribution is -2.40. The monoisotopic (exact) mass is 315 g/mol. The molecule has 0 unspecified atom stereocenters. The number of hydrogen-bond donors (Lipinski definition) is 1. The van der Waals surface area contributed by atoms with E-state index < -0.39 is 0 Å². The van der Waals surface area contributed by atoms with Crippen molar-refractivity contribution in [1.82, 2.24) is 4.90 Å². The number of hydrogen-bond acceptors (Lipinski definition) is 4. The van der Waals surface area contributed by atoms with Gasteiger partial charge in [-0.25, -0.2) is 0 Å². The fourth-order valence-electron chi connectivity index (χ4n) is 2.14. The van der Waals surface area contributed by atoms with E-state index in [2.05, 4.69) is 0 Å². The Morgan fingerprint density at radius 2 is 2.25 bits per heavy atom. The fraction of sp³-hybridized carbons (Fsp3) is 0.500. The van der Waals surface area contributed by atoms with E-state index in [1.807, 2.05) is 17.0 Å². The van der Waals surface area contributed by atoms with E-state index in [0.717, 1.165) is 22.1 Å². The van der Waals surface area contributed by atoms with Gasteiger partial charge in [0.05, 0.1) is 23.7 Å². The van der Waals surface area contributed by atoms with Gasteiger partial charge in [-0.3, -0.25) is 4.79 Å². The first-order valence-corrected chi connectivity index (χ1v) is 7.83. The first kappa shape index (κ1) is 15.5. The summed E-state index contributed by atoms with van der Waals surface area (Å²) in [6.45, 7) is 1.82. The fourth-order valence-corrected chi connectivity index (χ4v) is 3.10. The van der Waals surface area contributed by atoms with Gasteiger partial charge in [-0.05, 0) is 31.1 Å². The van der Waals surface area contributed by atoms with Crippen molar-refractivity contribution >= 4 is 34.9 Å². The molecule has 1 amide bonds. The molecule has 4 nitrogen and oxygen atoms in total. The second kappa shape index (κ2) is 7.78. The van der Waals surface area contributed by atoms with Gasteiger partial charge in [0.25, 0.3) is 0 Å². The Morgan fingerprint density at radius 3 is 2.85 bits per heavy atom. The quantitative estimate of drug-likeness (QED) is 0.849. The van der Waals surface area contributed by atoms with Crippen molar-refractivity contribution in [3.8, 4) is 0 Å². The maximum atomic E-state index is 12.0.